The van der Waals surface area contributed by atoms with Crippen LogP contribution in [0.3, 0.4) is 0 Å². The van der Waals surface area contributed by atoms with Crippen molar-refractivity contribution in [2.75, 3.05) is 18.9 Å². The Morgan fingerprint density at radius 3 is 2.05 bits per heavy atom. The number of Topliss-reactive ketones (excluding diaryl/α,β-unsaturated/α-hetero) is 1. The molecule has 2 saturated heterocycles. The number of aliphatic hydroxyl groups is 7. The third kappa shape index (κ3) is 6.53. The lowest BCUT2D eigenvalue weighted by molar-refractivity contribution is -0.323. The van der Waals surface area contributed by atoms with Crippen LogP contribution < -0.4 is 10.5 Å². The van der Waals surface area contributed by atoms with E-state index in [1.807, 2.05) is 0 Å². The van der Waals surface area contributed by atoms with Crippen molar-refractivity contribution >= 4 is 17.4 Å². The van der Waals surface area contributed by atoms with Gasteiger partial charge in [-0.2, -0.15) is 0 Å². The number of carboxylic acid groups (broad SMARTS) is 1. The number of carbonyl (C=O) groups is 2. The highest BCUT2D eigenvalue weighted by Gasteiger charge is 2.48. The highest BCUT2D eigenvalue weighted by molar-refractivity contribution is 6.02. The molecule has 2 aliphatic heterocycles. The zero-order chi connectivity index (χ0) is 27.4. The van der Waals surface area contributed by atoms with E-state index in [2.05, 4.69) is 0 Å². The quantitative estimate of drug-likeness (QED) is 0.104. The third-order valence-corrected chi connectivity index (χ3v) is 6.12. The van der Waals surface area contributed by atoms with E-state index in [1.165, 1.54) is 18.2 Å². The number of anilines is 1. The van der Waals surface area contributed by atoms with E-state index in [-0.39, 0.29) is 23.4 Å². The van der Waals surface area contributed by atoms with Gasteiger partial charge in [0.25, 0.3) is 0 Å². The molecule has 0 aliphatic carbocycles. The fourth-order valence-electron chi connectivity index (χ4n) is 3.92. The Bertz CT molecular complexity index is 944. The van der Waals surface area contributed by atoms with Gasteiger partial charge in [0, 0.05) is 12.0 Å². The van der Waals surface area contributed by atoms with Crippen molar-refractivity contribution in [2.24, 2.45) is 0 Å². The number of nitrogens with two attached hydrogens (primary N) is 1. The molecule has 2 heterocycles. The molecule has 0 unspecified atom stereocenters. The minimum absolute atomic E-state index is 0.0212. The molecular formula is C22H31NO14. The Hall–Kier alpha value is -2.44. The maximum Gasteiger partial charge on any atom is 0.303 e. The van der Waals surface area contributed by atoms with Gasteiger partial charge in [0.1, 0.15) is 54.6 Å². The maximum absolute atomic E-state index is 12.3. The van der Waals surface area contributed by atoms with E-state index < -0.39 is 92.8 Å². The summed E-state index contributed by atoms with van der Waals surface area (Å²) in [6, 6.07) is 4.11. The number of ketones is 1. The number of aliphatic hydroxyl groups excluding tert-OH is 7. The predicted molar refractivity (Wildman–Crippen MR) is 119 cm³/mol. The summed E-state index contributed by atoms with van der Waals surface area (Å²) in [4.78, 5) is 23.1. The van der Waals surface area contributed by atoms with Gasteiger partial charge < -0.3 is 65.5 Å². The first-order chi connectivity index (χ1) is 17.5. The van der Waals surface area contributed by atoms with E-state index in [9.17, 15) is 45.3 Å². The molecule has 10 atom stereocenters. The first-order valence-electron chi connectivity index (χ1n) is 11.4. The van der Waals surface area contributed by atoms with Crippen LogP contribution in [0.5, 0.6) is 5.75 Å². The Labute approximate surface area is 210 Å². The van der Waals surface area contributed by atoms with Crippen molar-refractivity contribution in [3.63, 3.8) is 0 Å². The van der Waals surface area contributed by atoms with Gasteiger partial charge in [-0.3, -0.25) is 9.59 Å². The molecular weight excluding hydrogens is 502 g/mol. The largest absolute Gasteiger partial charge is 0.481 e. The lowest BCUT2D eigenvalue weighted by Gasteiger charge is -2.42. The number of carboxylic acids is 1. The maximum atomic E-state index is 12.3. The molecule has 37 heavy (non-hydrogen) atoms. The van der Waals surface area contributed by atoms with E-state index >= 15 is 0 Å². The van der Waals surface area contributed by atoms with Crippen LogP contribution in [0.2, 0.25) is 0 Å². The monoisotopic (exact) mass is 533 g/mol. The number of aliphatic carboxylic acids is 1. The number of carbonyl (C=O) groups excluding carboxylic acids is 1. The molecule has 0 aromatic heterocycles. The second-order valence-electron chi connectivity index (χ2n) is 8.70. The second-order valence-corrected chi connectivity index (χ2v) is 8.70. The smallest absolute Gasteiger partial charge is 0.303 e. The van der Waals surface area contributed by atoms with Crippen molar-refractivity contribution in [3.8, 4) is 5.75 Å². The molecule has 0 radical (unpaired) electrons. The van der Waals surface area contributed by atoms with Crippen molar-refractivity contribution in [1.29, 1.82) is 0 Å². The van der Waals surface area contributed by atoms with Crippen LogP contribution in [0.25, 0.3) is 0 Å². The average molecular weight is 533 g/mol. The van der Waals surface area contributed by atoms with Gasteiger partial charge >= 0.3 is 5.97 Å². The number of nitrogen functional groups attached to an aromatic ring is 1. The predicted octanol–water partition coefficient (Wildman–Crippen LogP) is -3.68. The van der Waals surface area contributed by atoms with Crippen LogP contribution in [-0.4, -0.2) is 127 Å². The van der Waals surface area contributed by atoms with Gasteiger partial charge in [-0.1, -0.05) is 6.07 Å². The van der Waals surface area contributed by atoms with Crippen LogP contribution in [0.4, 0.5) is 5.69 Å². The van der Waals surface area contributed by atoms with E-state index in [0.717, 1.165) is 0 Å². The standard InChI is InChI=1S/C22H31NO14/c23-14-8(9(25)4-5-13(26)27)2-1-3-10(14)35-22-20(33)18(31)16(29)12(37-22)7-34-21-19(32)17(30)15(28)11(6-24)36-21/h1-3,11-12,15-22,24,28-33H,4-7,23H2,(H,26,27)/t11-,12-,15-,16-,17+,18+,19-,20-,21-,22-/m0/s1. The molecule has 2 fully saturated rings. The number of benzene rings is 1. The highest BCUT2D eigenvalue weighted by atomic mass is 16.7. The van der Waals surface area contributed by atoms with Crippen molar-refractivity contribution in [2.45, 2.75) is 74.3 Å². The fraction of sp³-hybridized carbons (Fsp3) is 0.636. The highest BCUT2D eigenvalue weighted by Crippen LogP contribution is 2.31. The van der Waals surface area contributed by atoms with Crippen molar-refractivity contribution < 1.29 is 69.4 Å². The van der Waals surface area contributed by atoms with Crippen molar-refractivity contribution in [1.82, 2.24) is 0 Å². The van der Waals surface area contributed by atoms with Crippen LogP contribution in [-0.2, 0) is 19.0 Å². The number of hydrogen-bond donors (Lipinski definition) is 9. The fourth-order valence-corrected chi connectivity index (χ4v) is 3.92. The third-order valence-electron chi connectivity index (χ3n) is 6.12. The Balaban J connectivity index is 1.69. The SMILES string of the molecule is Nc1c(O[C@H]2O[C@@H](CO[C@H]3O[C@@H](CO)[C@H](O)[C@@H](O)[C@@H]3O)[C@H](O)[C@@H](O)[C@@H]2O)cccc1C(=O)CCC(=O)O. The number of para-hydroxylation sites is 1. The molecule has 0 spiro atoms. The van der Waals surface area contributed by atoms with Crippen LogP contribution >= 0.6 is 0 Å². The molecule has 1 aromatic carbocycles. The second kappa shape index (κ2) is 12.4. The summed E-state index contributed by atoms with van der Waals surface area (Å²) >= 11 is 0. The topological polar surface area (TPSA) is 259 Å². The lowest BCUT2D eigenvalue weighted by atomic mass is 9.98. The normalized spacial score (nSPS) is 36.2. The summed E-state index contributed by atoms with van der Waals surface area (Å²) in [5.41, 5.74) is 5.81. The minimum Gasteiger partial charge on any atom is -0.481 e. The van der Waals surface area contributed by atoms with Gasteiger partial charge in [0.05, 0.1) is 25.3 Å². The summed E-state index contributed by atoms with van der Waals surface area (Å²) in [6.07, 6.45) is -16.8. The summed E-state index contributed by atoms with van der Waals surface area (Å²) in [6.45, 7) is -1.25. The average Bonchev–Trinajstić information content (AvgIpc) is 2.87. The molecule has 0 bridgehead atoms. The molecule has 2 aliphatic rings. The van der Waals surface area contributed by atoms with Gasteiger partial charge in [0.2, 0.25) is 6.29 Å². The molecule has 0 saturated carbocycles. The molecule has 0 amide bonds. The molecule has 15 heteroatoms. The summed E-state index contributed by atoms with van der Waals surface area (Å²) < 4.78 is 21.7. The minimum atomic E-state index is -1.79. The Morgan fingerprint density at radius 2 is 1.43 bits per heavy atom. The lowest BCUT2D eigenvalue weighted by Crippen LogP contribution is -2.62. The Kier molecular flexibility index (Phi) is 9.76. The molecule has 208 valence electrons. The molecule has 1 aromatic rings. The number of ether oxygens (including phenoxy) is 4. The molecule has 10 N–H and O–H groups in total. The summed E-state index contributed by atoms with van der Waals surface area (Å²) in [5.74, 6) is -1.85. The van der Waals surface area contributed by atoms with Crippen LogP contribution in [0, 0.1) is 0 Å². The van der Waals surface area contributed by atoms with Crippen LogP contribution in [0.1, 0.15) is 23.2 Å². The van der Waals surface area contributed by atoms with Gasteiger partial charge in [0.15, 0.2) is 12.1 Å². The first kappa shape index (κ1) is 29.1. The molecule has 3 rings (SSSR count). The zero-order valence-corrected chi connectivity index (χ0v) is 19.4. The van der Waals surface area contributed by atoms with Gasteiger partial charge in [-0.15, -0.1) is 0 Å². The van der Waals surface area contributed by atoms with Crippen LogP contribution in [0.15, 0.2) is 18.2 Å². The summed E-state index contributed by atoms with van der Waals surface area (Å²) in [5, 5.41) is 78.9. The van der Waals surface area contributed by atoms with E-state index in [0.29, 0.717) is 0 Å². The number of hydrogen-bond acceptors (Lipinski definition) is 14. The first-order valence-corrected chi connectivity index (χ1v) is 11.4. The Morgan fingerprint density at radius 1 is 0.838 bits per heavy atom. The van der Waals surface area contributed by atoms with Gasteiger partial charge in [-0.05, 0) is 12.1 Å². The number of rotatable bonds is 10. The van der Waals surface area contributed by atoms with E-state index in [4.69, 9.17) is 29.8 Å². The summed E-state index contributed by atoms with van der Waals surface area (Å²) in [7, 11) is 0. The van der Waals surface area contributed by atoms with E-state index in [1.54, 1.807) is 0 Å². The van der Waals surface area contributed by atoms with Gasteiger partial charge in [-0.25, -0.2) is 0 Å². The zero-order valence-electron chi connectivity index (χ0n) is 19.4. The van der Waals surface area contributed by atoms with Crippen molar-refractivity contribution in [3.05, 3.63) is 23.8 Å². The molecule has 15 nitrogen and oxygen atoms in total.